The largest absolute Gasteiger partial charge is 0.490 e. The first-order valence-corrected chi connectivity index (χ1v) is 17.7. The zero-order valence-electron chi connectivity index (χ0n) is 25.1. The van der Waals surface area contributed by atoms with Gasteiger partial charge in [0.15, 0.2) is 0 Å². The van der Waals surface area contributed by atoms with E-state index in [0.29, 0.717) is 43.7 Å². The average Bonchev–Trinajstić information content (AvgIpc) is 3.10. The highest BCUT2D eigenvalue weighted by molar-refractivity contribution is 7.90. The lowest BCUT2D eigenvalue weighted by Crippen LogP contribution is -2.49. The van der Waals surface area contributed by atoms with Crippen molar-refractivity contribution in [2.24, 2.45) is 17.8 Å². The molecule has 1 unspecified atom stereocenters. The van der Waals surface area contributed by atoms with Gasteiger partial charge in [-0.25, -0.2) is 13.1 Å². The van der Waals surface area contributed by atoms with Gasteiger partial charge in [-0.05, 0) is 104 Å². The minimum Gasteiger partial charge on any atom is -0.490 e. The number of rotatable bonds is 2. The fourth-order valence-corrected chi connectivity index (χ4v) is 9.82. The van der Waals surface area contributed by atoms with E-state index in [2.05, 4.69) is 21.8 Å². The Morgan fingerprint density at radius 2 is 2.02 bits per heavy atom. The van der Waals surface area contributed by atoms with E-state index >= 15 is 0 Å². The number of hydrogen-bond acceptors (Lipinski definition) is 6. The number of allylic oxidation sites excluding steroid dienone is 1. The van der Waals surface area contributed by atoms with Crippen molar-refractivity contribution in [3.63, 3.8) is 0 Å². The van der Waals surface area contributed by atoms with Crippen LogP contribution in [0.25, 0.3) is 0 Å². The smallest absolute Gasteiger partial charge is 0.264 e. The lowest BCUT2D eigenvalue weighted by Gasteiger charge is -2.45. The van der Waals surface area contributed by atoms with E-state index in [4.69, 9.17) is 16.3 Å². The summed E-state index contributed by atoms with van der Waals surface area (Å²) in [7, 11) is -3.93. The molecule has 2 aromatic rings. The summed E-state index contributed by atoms with van der Waals surface area (Å²) in [4.78, 5) is 15.8. The van der Waals surface area contributed by atoms with E-state index < -0.39 is 27.3 Å². The quantitative estimate of drug-likeness (QED) is 0.396. The molecule has 9 heteroatoms. The van der Waals surface area contributed by atoms with Crippen molar-refractivity contribution < 1.29 is 23.1 Å². The molecule has 6 rings (SSSR count). The summed E-state index contributed by atoms with van der Waals surface area (Å²) < 4.78 is 36.0. The van der Waals surface area contributed by atoms with E-state index in [-0.39, 0.29) is 23.2 Å². The van der Waals surface area contributed by atoms with E-state index in [1.54, 1.807) is 18.2 Å². The molecular weight excluding hydrogens is 584 g/mol. The van der Waals surface area contributed by atoms with Gasteiger partial charge in [0.25, 0.3) is 5.91 Å². The van der Waals surface area contributed by atoms with Gasteiger partial charge in [0.2, 0.25) is 10.0 Å². The maximum Gasteiger partial charge on any atom is 0.264 e. The second-order valence-electron chi connectivity index (χ2n) is 13.2. The van der Waals surface area contributed by atoms with Crippen LogP contribution in [0.1, 0.15) is 80.3 Å². The van der Waals surface area contributed by atoms with E-state index in [9.17, 15) is 18.3 Å². The molecule has 4 aliphatic rings. The Morgan fingerprint density at radius 1 is 1.19 bits per heavy atom. The number of aliphatic hydroxyl groups is 1. The first-order chi connectivity index (χ1) is 20.6. The SMILES string of the molecule is CCC[C@@H]1[C@H](C)C/C=C\C(O)[C@@H]2CC[C@H]2CN2C[C@@]3(CCCc4cc(Cl)ccc43)COc3ccc(cc32)C(=O)NS1(=O)=O. The van der Waals surface area contributed by atoms with Gasteiger partial charge in [-0.1, -0.05) is 50.1 Å². The molecule has 1 spiro atoms. The van der Waals surface area contributed by atoms with Crippen molar-refractivity contribution in [2.75, 3.05) is 24.6 Å². The molecule has 2 N–H and O–H groups in total. The Bertz CT molecular complexity index is 1510. The van der Waals surface area contributed by atoms with Crippen LogP contribution in [-0.4, -0.2) is 50.5 Å². The van der Waals surface area contributed by atoms with Crippen LogP contribution in [0.2, 0.25) is 5.02 Å². The van der Waals surface area contributed by atoms with Crippen molar-refractivity contribution in [1.82, 2.24) is 4.72 Å². The van der Waals surface area contributed by atoms with E-state index in [0.717, 1.165) is 49.4 Å². The molecule has 2 aliphatic heterocycles. The van der Waals surface area contributed by atoms with Gasteiger partial charge < -0.3 is 14.7 Å². The number of halogens is 1. The summed E-state index contributed by atoms with van der Waals surface area (Å²) in [6.07, 6.45) is 9.79. The van der Waals surface area contributed by atoms with Crippen molar-refractivity contribution in [3.8, 4) is 5.75 Å². The molecule has 1 fully saturated rings. The molecule has 7 nitrogen and oxygen atoms in total. The van der Waals surface area contributed by atoms with Gasteiger partial charge in [0.1, 0.15) is 5.75 Å². The first kappa shape index (κ1) is 30.5. The number of carbonyl (C=O) groups is 1. The van der Waals surface area contributed by atoms with Crippen molar-refractivity contribution in [3.05, 3.63) is 70.3 Å². The Labute approximate surface area is 260 Å². The summed E-state index contributed by atoms with van der Waals surface area (Å²) in [6, 6.07) is 11.4. The van der Waals surface area contributed by atoms with Gasteiger partial charge in [-0.2, -0.15) is 0 Å². The molecule has 0 radical (unpaired) electrons. The third-order valence-corrected chi connectivity index (χ3v) is 12.6. The van der Waals surface area contributed by atoms with Crippen LogP contribution in [-0.2, 0) is 21.9 Å². The third-order valence-electron chi connectivity index (χ3n) is 10.4. The maximum atomic E-state index is 13.5. The predicted molar refractivity (Wildman–Crippen MR) is 170 cm³/mol. The molecule has 2 aliphatic carbocycles. The molecule has 2 heterocycles. The second-order valence-corrected chi connectivity index (χ2v) is 15.6. The van der Waals surface area contributed by atoms with Crippen LogP contribution < -0.4 is 14.4 Å². The topological polar surface area (TPSA) is 95.9 Å². The second kappa shape index (κ2) is 12.1. The van der Waals surface area contributed by atoms with Crippen molar-refractivity contribution in [1.29, 1.82) is 0 Å². The highest BCUT2D eigenvalue weighted by atomic mass is 35.5. The maximum absolute atomic E-state index is 13.5. The molecule has 0 saturated heterocycles. The number of carbonyl (C=O) groups excluding carboxylic acids is 1. The fraction of sp³-hybridized carbons (Fsp3) is 0.559. The summed E-state index contributed by atoms with van der Waals surface area (Å²) in [5.74, 6) is 0.271. The Kier molecular flexibility index (Phi) is 8.57. The lowest BCUT2D eigenvalue weighted by atomic mass is 9.68. The minimum absolute atomic E-state index is 0.127. The van der Waals surface area contributed by atoms with Crippen LogP contribution >= 0.6 is 11.6 Å². The number of aryl methyl sites for hydroxylation is 1. The Hall–Kier alpha value is -2.55. The number of sulfonamides is 1. The number of nitrogens with zero attached hydrogens (tertiary/aromatic N) is 1. The molecule has 2 bridgehead atoms. The molecule has 6 atom stereocenters. The van der Waals surface area contributed by atoms with Crippen LogP contribution in [0.3, 0.4) is 0 Å². The van der Waals surface area contributed by atoms with Crippen LogP contribution in [0.15, 0.2) is 48.6 Å². The molecule has 43 heavy (non-hydrogen) atoms. The first-order valence-electron chi connectivity index (χ1n) is 15.8. The number of amides is 1. The summed E-state index contributed by atoms with van der Waals surface area (Å²) in [5.41, 5.74) is 3.35. The number of nitrogens with one attached hydrogen (secondary N) is 1. The van der Waals surface area contributed by atoms with Crippen molar-refractivity contribution in [2.45, 2.75) is 82.0 Å². The van der Waals surface area contributed by atoms with Gasteiger partial charge in [0, 0.05) is 29.1 Å². The highest BCUT2D eigenvalue weighted by Gasteiger charge is 2.44. The Balaban J connectivity index is 1.42. The van der Waals surface area contributed by atoms with Gasteiger partial charge >= 0.3 is 0 Å². The summed E-state index contributed by atoms with van der Waals surface area (Å²) in [5, 5.41) is 11.2. The number of benzene rings is 2. The van der Waals surface area contributed by atoms with Gasteiger partial charge in [-0.15, -0.1) is 0 Å². The van der Waals surface area contributed by atoms with Gasteiger partial charge in [-0.3, -0.25) is 4.79 Å². The number of anilines is 1. The highest BCUT2D eigenvalue weighted by Crippen LogP contribution is 2.46. The molecule has 1 saturated carbocycles. The monoisotopic (exact) mass is 626 g/mol. The average molecular weight is 627 g/mol. The fourth-order valence-electron chi connectivity index (χ4n) is 7.83. The predicted octanol–water partition coefficient (Wildman–Crippen LogP) is 6.02. The lowest BCUT2D eigenvalue weighted by molar-refractivity contribution is 0.0455. The number of hydrogen-bond donors (Lipinski definition) is 2. The molecule has 1 amide bonds. The van der Waals surface area contributed by atoms with Crippen LogP contribution in [0.5, 0.6) is 5.75 Å². The third kappa shape index (κ3) is 5.95. The Morgan fingerprint density at radius 3 is 2.79 bits per heavy atom. The normalized spacial score (nSPS) is 32.8. The van der Waals surface area contributed by atoms with Crippen molar-refractivity contribution >= 4 is 33.2 Å². The zero-order valence-corrected chi connectivity index (χ0v) is 26.7. The summed E-state index contributed by atoms with van der Waals surface area (Å²) >= 11 is 6.39. The number of aliphatic hydroxyl groups excluding tert-OH is 1. The zero-order chi connectivity index (χ0) is 30.4. The number of fused-ring (bicyclic) bond motifs is 4. The summed E-state index contributed by atoms with van der Waals surface area (Å²) in [6.45, 7) is 5.77. The van der Waals surface area contributed by atoms with E-state index in [1.165, 1.54) is 11.1 Å². The van der Waals surface area contributed by atoms with Crippen LogP contribution in [0.4, 0.5) is 5.69 Å². The molecular formula is C34H43ClN2O5S. The van der Waals surface area contributed by atoms with E-state index in [1.807, 2.05) is 32.1 Å². The molecule has 232 valence electrons. The number of ether oxygens (including phenoxy) is 1. The van der Waals surface area contributed by atoms with Gasteiger partial charge in [0.05, 0.1) is 23.6 Å². The molecule has 2 aromatic carbocycles. The minimum atomic E-state index is -3.93. The standard InChI is InChI=1S/C34H43ClN2O5S/c1-3-6-32-22(2)7-4-9-30(38)27-13-10-25(27)19-37-20-34(16-5-8-23-17-26(35)12-14-28(23)34)21-42-31-15-11-24(18-29(31)37)33(39)36-43(32,40)41/h4,9,11-12,14-15,17-18,22,25,27,30,32,38H,3,5-8,10,13,16,19-21H2,1-2H3,(H,36,39)/b9-4-/t22-,25+,27-,30?,32-,34+/m1/s1. The van der Waals surface area contributed by atoms with Crippen LogP contribution in [0, 0.1) is 17.8 Å². The molecule has 0 aromatic heterocycles.